The van der Waals surface area contributed by atoms with Crippen LogP contribution < -0.4 is 10.6 Å². The number of amides is 2. The Hall–Kier alpha value is -3.30. The molecule has 0 aliphatic rings. The lowest BCUT2D eigenvalue weighted by atomic mass is 10.2. The molecule has 0 heterocycles. The van der Waals surface area contributed by atoms with Gasteiger partial charge in [0, 0.05) is 28.4 Å². The van der Waals surface area contributed by atoms with Crippen LogP contribution in [0.15, 0.2) is 59.5 Å². The molecule has 0 aliphatic carbocycles. The third-order valence-electron chi connectivity index (χ3n) is 3.35. The first-order chi connectivity index (χ1) is 13.7. The molecule has 0 bridgehead atoms. The van der Waals surface area contributed by atoms with Crippen molar-refractivity contribution >= 4 is 58.5 Å². The first-order valence-corrected chi connectivity index (χ1v) is 9.38. The minimum absolute atomic E-state index is 0.0792. The molecule has 0 spiro atoms. The topological polar surface area (TPSA) is 133 Å². The van der Waals surface area contributed by atoms with E-state index in [0.717, 1.165) is 17.0 Å². The number of nitrogens with one attached hydrogen (secondary N) is 2. The van der Waals surface area contributed by atoms with Gasteiger partial charge in [0.15, 0.2) is 0 Å². The summed E-state index contributed by atoms with van der Waals surface area (Å²) in [7, 11) is 0. The molecule has 0 unspecified atom stereocenters. The summed E-state index contributed by atoms with van der Waals surface area (Å²) in [5, 5.41) is 22.7. The summed E-state index contributed by atoms with van der Waals surface area (Å²) in [6.07, 6.45) is 1.64. The molecule has 0 atom stereocenters. The number of aliphatic carboxylic acids is 1. The van der Waals surface area contributed by atoms with Gasteiger partial charge < -0.3 is 20.8 Å². The van der Waals surface area contributed by atoms with Crippen LogP contribution in [0, 0.1) is 0 Å². The normalized spacial score (nSPS) is 10.5. The molecule has 0 fully saturated rings. The lowest BCUT2D eigenvalue weighted by Crippen LogP contribution is -2.14. The van der Waals surface area contributed by atoms with Gasteiger partial charge in [0.2, 0.25) is 11.8 Å². The Morgan fingerprint density at radius 1 is 0.931 bits per heavy atom. The standard InChI is InChI=1S/C19H15ClN2O6S/c20-15-6-3-12(9-14(15)19(27)28)22-17(24)10-29-13-4-1-11(2-5-13)21-16(23)7-8-18(25)26/h1-9H,10H2,(H,21,23)(H,22,24)(H,25,26)(H,27,28)/b8-7+. The summed E-state index contributed by atoms with van der Waals surface area (Å²) < 4.78 is 0. The molecule has 0 radical (unpaired) electrons. The van der Waals surface area contributed by atoms with Crippen molar-refractivity contribution < 1.29 is 29.4 Å². The number of carbonyl (C=O) groups excluding carboxylic acids is 2. The second-order valence-electron chi connectivity index (χ2n) is 5.52. The molecule has 0 saturated heterocycles. The smallest absolute Gasteiger partial charge is 0.337 e. The molecule has 29 heavy (non-hydrogen) atoms. The van der Waals surface area contributed by atoms with E-state index in [-0.39, 0.29) is 22.2 Å². The molecule has 4 N–H and O–H groups in total. The second-order valence-corrected chi connectivity index (χ2v) is 6.98. The lowest BCUT2D eigenvalue weighted by molar-refractivity contribution is -0.131. The zero-order valence-corrected chi connectivity index (χ0v) is 16.3. The maximum Gasteiger partial charge on any atom is 0.337 e. The molecule has 150 valence electrons. The first-order valence-electron chi connectivity index (χ1n) is 8.02. The number of carbonyl (C=O) groups is 4. The van der Waals surface area contributed by atoms with Crippen molar-refractivity contribution in [3.8, 4) is 0 Å². The van der Waals surface area contributed by atoms with Gasteiger partial charge in [-0.05, 0) is 42.5 Å². The number of benzene rings is 2. The fourth-order valence-electron chi connectivity index (χ4n) is 2.08. The monoisotopic (exact) mass is 434 g/mol. The van der Waals surface area contributed by atoms with Gasteiger partial charge in [-0.3, -0.25) is 9.59 Å². The van der Waals surface area contributed by atoms with Crippen LogP contribution in [-0.2, 0) is 14.4 Å². The molecule has 2 amide bonds. The highest BCUT2D eigenvalue weighted by Gasteiger charge is 2.11. The third kappa shape index (κ3) is 7.32. The van der Waals surface area contributed by atoms with Crippen molar-refractivity contribution in [3.63, 3.8) is 0 Å². The van der Waals surface area contributed by atoms with E-state index in [9.17, 15) is 19.2 Å². The largest absolute Gasteiger partial charge is 0.478 e. The van der Waals surface area contributed by atoms with Gasteiger partial charge in [-0.25, -0.2) is 9.59 Å². The fourth-order valence-corrected chi connectivity index (χ4v) is 2.98. The first kappa shape index (κ1) is 22.0. The van der Waals surface area contributed by atoms with Crippen molar-refractivity contribution in [3.05, 3.63) is 65.2 Å². The summed E-state index contributed by atoms with van der Waals surface area (Å²) in [5.74, 6) is -3.23. The highest BCUT2D eigenvalue weighted by atomic mass is 35.5. The van der Waals surface area contributed by atoms with E-state index < -0.39 is 17.8 Å². The van der Waals surface area contributed by atoms with Gasteiger partial charge in [-0.2, -0.15) is 0 Å². The summed E-state index contributed by atoms with van der Waals surface area (Å²) >= 11 is 7.04. The fraction of sp³-hybridized carbons (Fsp3) is 0.0526. The molecule has 10 heteroatoms. The van der Waals surface area contributed by atoms with E-state index in [1.54, 1.807) is 24.3 Å². The Morgan fingerprint density at radius 3 is 2.21 bits per heavy atom. The van der Waals surface area contributed by atoms with Crippen LogP contribution in [0.25, 0.3) is 0 Å². The summed E-state index contributed by atoms with van der Waals surface area (Å²) in [6.45, 7) is 0. The number of thioether (sulfide) groups is 1. The average molecular weight is 435 g/mol. The average Bonchev–Trinajstić information content (AvgIpc) is 2.67. The predicted octanol–water partition coefficient (Wildman–Crippen LogP) is 3.35. The van der Waals surface area contributed by atoms with Crippen molar-refractivity contribution in [1.29, 1.82) is 0 Å². The second kappa shape index (κ2) is 10.3. The van der Waals surface area contributed by atoms with Crippen molar-refractivity contribution in [2.75, 3.05) is 16.4 Å². The molecule has 8 nitrogen and oxygen atoms in total. The van der Waals surface area contributed by atoms with Crippen LogP contribution in [0.1, 0.15) is 10.4 Å². The number of carboxylic acids is 2. The molecule has 0 saturated carbocycles. The Morgan fingerprint density at radius 2 is 1.59 bits per heavy atom. The molecular formula is C19H15ClN2O6S. The maximum absolute atomic E-state index is 12.1. The number of rotatable bonds is 8. The number of anilines is 2. The van der Waals surface area contributed by atoms with Gasteiger partial charge in [-0.1, -0.05) is 11.6 Å². The van der Waals surface area contributed by atoms with Crippen LogP contribution in [0.3, 0.4) is 0 Å². The van der Waals surface area contributed by atoms with E-state index in [4.69, 9.17) is 21.8 Å². The highest BCUT2D eigenvalue weighted by molar-refractivity contribution is 8.00. The SMILES string of the molecule is O=C(O)/C=C/C(=O)Nc1ccc(SCC(=O)Nc2ccc(Cl)c(C(=O)O)c2)cc1. The maximum atomic E-state index is 12.1. The van der Waals surface area contributed by atoms with Gasteiger partial charge in [0.25, 0.3) is 0 Å². The van der Waals surface area contributed by atoms with Crippen molar-refractivity contribution in [2.45, 2.75) is 4.90 Å². The number of aromatic carboxylic acids is 1. The number of hydrogen-bond acceptors (Lipinski definition) is 5. The summed E-state index contributed by atoms with van der Waals surface area (Å²) in [6, 6.07) is 10.8. The number of carboxylic acid groups (broad SMARTS) is 2. The lowest BCUT2D eigenvalue weighted by Gasteiger charge is -2.08. The van der Waals surface area contributed by atoms with Gasteiger partial charge >= 0.3 is 11.9 Å². The van der Waals surface area contributed by atoms with E-state index in [2.05, 4.69) is 10.6 Å². The van der Waals surface area contributed by atoms with Crippen molar-refractivity contribution in [2.24, 2.45) is 0 Å². The zero-order chi connectivity index (χ0) is 21.4. The predicted molar refractivity (Wildman–Crippen MR) is 110 cm³/mol. The summed E-state index contributed by atoms with van der Waals surface area (Å²) in [5.41, 5.74) is 0.694. The Balaban J connectivity index is 1.87. The van der Waals surface area contributed by atoms with Crippen molar-refractivity contribution in [1.82, 2.24) is 0 Å². The van der Waals surface area contributed by atoms with Gasteiger partial charge in [0.05, 0.1) is 16.3 Å². The number of hydrogen-bond donors (Lipinski definition) is 4. The zero-order valence-electron chi connectivity index (χ0n) is 14.7. The van der Waals surface area contributed by atoms with Crippen LogP contribution in [0.4, 0.5) is 11.4 Å². The number of halogens is 1. The van der Waals surface area contributed by atoms with Crippen LogP contribution in [-0.4, -0.2) is 39.7 Å². The van der Waals surface area contributed by atoms with E-state index in [1.165, 1.54) is 30.0 Å². The minimum atomic E-state index is -1.22. The van der Waals surface area contributed by atoms with E-state index in [0.29, 0.717) is 11.4 Å². The third-order valence-corrected chi connectivity index (χ3v) is 4.69. The van der Waals surface area contributed by atoms with E-state index >= 15 is 0 Å². The molecule has 2 rings (SSSR count). The summed E-state index contributed by atoms with van der Waals surface area (Å²) in [4.78, 5) is 45.8. The van der Waals surface area contributed by atoms with Crippen LogP contribution >= 0.6 is 23.4 Å². The molecule has 0 aliphatic heterocycles. The molecule has 0 aromatic heterocycles. The molecule has 2 aromatic rings. The molecule has 2 aromatic carbocycles. The Bertz CT molecular complexity index is 975. The minimum Gasteiger partial charge on any atom is -0.478 e. The highest BCUT2D eigenvalue weighted by Crippen LogP contribution is 2.23. The Kier molecular flexibility index (Phi) is 7.81. The van der Waals surface area contributed by atoms with Crippen LogP contribution in [0.5, 0.6) is 0 Å². The van der Waals surface area contributed by atoms with Gasteiger partial charge in [0.1, 0.15) is 0 Å². The molecular weight excluding hydrogens is 420 g/mol. The van der Waals surface area contributed by atoms with E-state index in [1.807, 2.05) is 0 Å². The quantitative estimate of drug-likeness (QED) is 0.370. The van der Waals surface area contributed by atoms with Gasteiger partial charge in [-0.15, -0.1) is 11.8 Å². The van der Waals surface area contributed by atoms with Crippen LogP contribution in [0.2, 0.25) is 5.02 Å². The Labute approximate surface area is 174 Å².